The number of benzene rings is 6. The van der Waals surface area contributed by atoms with Gasteiger partial charge in [-0.15, -0.1) is 0 Å². The molecule has 2 aromatic heterocycles. The number of hydrogen-bond acceptors (Lipinski definition) is 2. The molecule has 0 aliphatic carbocycles. The second-order valence-corrected chi connectivity index (χ2v) is 11.1. The predicted octanol–water partition coefficient (Wildman–Crippen LogP) is 9.54. The van der Waals surface area contributed by atoms with Crippen molar-refractivity contribution in [3.05, 3.63) is 151 Å². The van der Waals surface area contributed by atoms with Crippen LogP contribution in [0.5, 0.6) is 0 Å². The summed E-state index contributed by atoms with van der Waals surface area (Å²) in [6, 6.07) is 49.9. The molecule has 0 spiro atoms. The molecule has 0 aliphatic heterocycles. The summed E-state index contributed by atoms with van der Waals surface area (Å²) < 4.78 is 4.54. The highest BCUT2D eigenvalue weighted by Crippen LogP contribution is 2.38. The SMILES string of the molecule is N#C/C(=C\c1ccc2c(c1)c1cc(-c3ccc4c(c3)c3ccccc3n4-c3ccccc3)ccc1n2-c1ccccc1)C(=O)O. The first-order valence-electron chi connectivity index (χ1n) is 14.7. The molecule has 1 N–H and O–H groups in total. The number of aliphatic carboxylic acids is 1. The number of carbonyl (C=O) groups is 1. The predicted molar refractivity (Wildman–Crippen MR) is 182 cm³/mol. The summed E-state index contributed by atoms with van der Waals surface area (Å²) in [6.07, 6.45) is 1.42. The van der Waals surface area contributed by atoms with E-state index in [9.17, 15) is 15.2 Å². The molecule has 0 amide bonds. The number of para-hydroxylation sites is 3. The molecule has 212 valence electrons. The Morgan fingerprint density at radius 2 is 1.02 bits per heavy atom. The first-order chi connectivity index (χ1) is 22.1. The van der Waals surface area contributed by atoms with Gasteiger partial charge in [-0.3, -0.25) is 0 Å². The van der Waals surface area contributed by atoms with Crippen LogP contribution in [0.15, 0.2) is 145 Å². The van der Waals surface area contributed by atoms with Crippen LogP contribution in [-0.4, -0.2) is 20.2 Å². The van der Waals surface area contributed by atoms with E-state index in [1.165, 1.54) is 16.8 Å². The summed E-state index contributed by atoms with van der Waals surface area (Å²) in [7, 11) is 0. The first-order valence-corrected chi connectivity index (χ1v) is 14.7. The molecule has 0 aliphatic rings. The van der Waals surface area contributed by atoms with Crippen molar-refractivity contribution in [2.24, 2.45) is 0 Å². The van der Waals surface area contributed by atoms with Gasteiger partial charge in [0.15, 0.2) is 0 Å². The lowest BCUT2D eigenvalue weighted by Gasteiger charge is -2.09. The Hall–Kier alpha value is -6.38. The van der Waals surface area contributed by atoms with Crippen LogP contribution < -0.4 is 0 Å². The van der Waals surface area contributed by atoms with Gasteiger partial charge in [0, 0.05) is 32.9 Å². The lowest BCUT2D eigenvalue weighted by Crippen LogP contribution is -1.97. The van der Waals surface area contributed by atoms with Gasteiger partial charge in [-0.05, 0) is 89.5 Å². The number of carboxylic acids is 1. The van der Waals surface area contributed by atoms with Crippen molar-refractivity contribution in [3.63, 3.8) is 0 Å². The Bertz CT molecular complexity index is 2510. The number of hydrogen-bond donors (Lipinski definition) is 1. The summed E-state index contributed by atoms with van der Waals surface area (Å²) in [5.74, 6) is -1.24. The monoisotopic (exact) mass is 579 g/mol. The van der Waals surface area contributed by atoms with Crippen LogP contribution in [-0.2, 0) is 4.79 Å². The van der Waals surface area contributed by atoms with E-state index in [1.54, 1.807) is 6.07 Å². The van der Waals surface area contributed by atoms with Crippen molar-refractivity contribution in [1.82, 2.24) is 9.13 Å². The maximum Gasteiger partial charge on any atom is 0.346 e. The molecule has 5 heteroatoms. The Morgan fingerprint density at radius 1 is 0.556 bits per heavy atom. The molecule has 0 bridgehead atoms. The van der Waals surface area contributed by atoms with Crippen LogP contribution in [0, 0.1) is 11.3 Å². The third kappa shape index (κ3) is 4.28. The Balaban J connectivity index is 1.36. The van der Waals surface area contributed by atoms with E-state index in [4.69, 9.17) is 0 Å². The topological polar surface area (TPSA) is 71.0 Å². The maximum atomic E-state index is 11.6. The molecule has 0 saturated carbocycles. The fourth-order valence-corrected chi connectivity index (χ4v) is 6.48. The fraction of sp³-hybridized carbons (Fsp3) is 0. The van der Waals surface area contributed by atoms with Crippen molar-refractivity contribution in [2.75, 3.05) is 0 Å². The maximum absolute atomic E-state index is 11.6. The van der Waals surface area contributed by atoms with Gasteiger partial charge in [0.05, 0.1) is 22.1 Å². The number of nitrogens with zero attached hydrogens (tertiary/aromatic N) is 3. The van der Waals surface area contributed by atoms with Gasteiger partial charge in [-0.25, -0.2) is 4.79 Å². The Morgan fingerprint density at radius 3 is 1.58 bits per heavy atom. The van der Waals surface area contributed by atoms with Gasteiger partial charge >= 0.3 is 5.97 Å². The molecule has 5 nitrogen and oxygen atoms in total. The highest BCUT2D eigenvalue weighted by atomic mass is 16.4. The summed E-state index contributed by atoms with van der Waals surface area (Å²) in [6.45, 7) is 0. The molecule has 8 aromatic rings. The molecular formula is C40H25N3O2. The van der Waals surface area contributed by atoms with Gasteiger partial charge < -0.3 is 14.2 Å². The smallest absolute Gasteiger partial charge is 0.346 e. The largest absolute Gasteiger partial charge is 0.477 e. The third-order valence-electron chi connectivity index (χ3n) is 8.49. The van der Waals surface area contributed by atoms with E-state index in [0.29, 0.717) is 5.56 Å². The summed E-state index contributed by atoms with van der Waals surface area (Å²) in [4.78, 5) is 11.6. The van der Waals surface area contributed by atoms with Gasteiger partial charge in [-0.2, -0.15) is 5.26 Å². The first kappa shape index (κ1) is 26.3. The lowest BCUT2D eigenvalue weighted by molar-refractivity contribution is -0.132. The second kappa shape index (κ2) is 10.4. The zero-order chi connectivity index (χ0) is 30.5. The molecule has 2 heterocycles. The molecule has 0 saturated heterocycles. The summed E-state index contributed by atoms with van der Waals surface area (Å²) in [5.41, 5.74) is 9.06. The lowest BCUT2D eigenvalue weighted by atomic mass is 10.00. The third-order valence-corrected chi connectivity index (χ3v) is 8.49. The molecule has 8 rings (SSSR count). The van der Waals surface area contributed by atoms with E-state index < -0.39 is 5.97 Å². The molecular weight excluding hydrogens is 554 g/mol. The van der Waals surface area contributed by atoms with Crippen molar-refractivity contribution < 1.29 is 9.90 Å². The molecule has 6 aromatic carbocycles. The molecule has 0 fully saturated rings. The zero-order valence-corrected chi connectivity index (χ0v) is 24.1. The number of rotatable bonds is 5. The highest BCUT2D eigenvalue weighted by molar-refractivity contribution is 6.13. The normalized spacial score (nSPS) is 11.8. The van der Waals surface area contributed by atoms with E-state index in [2.05, 4.69) is 106 Å². The van der Waals surface area contributed by atoms with Crippen molar-refractivity contribution in [2.45, 2.75) is 0 Å². The highest BCUT2D eigenvalue weighted by Gasteiger charge is 2.16. The second-order valence-electron chi connectivity index (χ2n) is 11.1. The Kier molecular flexibility index (Phi) is 6.07. The summed E-state index contributed by atoms with van der Waals surface area (Å²) >= 11 is 0. The van der Waals surface area contributed by atoms with Crippen LogP contribution in [0.3, 0.4) is 0 Å². The Labute approximate surface area is 258 Å². The van der Waals surface area contributed by atoms with Crippen molar-refractivity contribution >= 4 is 55.7 Å². The average molecular weight is 580 g/mol. The molecule has 45 heavy (non-hydrogen) atoms. The number of fused-ring (bicyclic) bond motifs is 6. The van der Waals surface area contributed by atoms with Crippen LogP contribution in [0.4, 0.5) is 0 Å². The quantitative estimate of drug-likeness (QED) is 0.163. The standard InChI is InChI=1S/C40H25N3O2/c41-25-29(40(44)45)21-26-15-18-37-33(22-26)35-24-28(17-20-39(35)43(37)31-11-5-2-6-12-31)27-16-19-38-34(23-27)32-13-7-8-14-36(32)42(38)30-9-3-1-4-10-30/h1-24H,(H,44,45)/b29-21+. The number of aromatic nitrogens is 2. The van der Waals surface area contributed by atoms with Crippen molar-refractivity contribution in [1.29, 1.82) is 5.26 Å². The number of carboxylic acid groups (broad SMARTS) is 1. The van der Waals surface area contributed by atoms with Crippen molar-refractivity contribution in [3.8, 4) is 28.6 Å². The minimum Gasteiger partial charge on any atom is -0.477 e. The van der Waals surface area contributed by atoms with Crippen LogP contribution >= 0.6 is 0 Å². The van der Waals surface area contributed by atoms with Gasteiger partial charge in [0.25, 0.3) is 0 Å². The number of nitriles is 1. The van der Waals surface area contributed by atoms with Gasteiger partial charge in [-0.1, -0.05) is 72.8 Å². The fourth-order valence-electron chi connectivity index (χ4n) is 6.48. The van der Waals surface area contributed by atoms with E-state index in [1.807, 2.05) is 42.5 Å². The van der Waals surface area contributed by atoms with E-state index in [-0.39, 0.29) is 5.57 Å². The minimum absolute atomic E-state index is 0.301. The van der Waals surface area contributed by atoms with E-state index in [0.717, 1.165) is 55.3 Å². The minimum atomic E-state index is -1.24. The van der Waals surface area contributed by atoms with Crippen LogP contribution in [0.25, 0.3) is 72.2 Å². The average Bonchev–Trinajstić information content (AvgIpc) is 3.59. The molecule has 0 radical (unpaired) electrons. The van der Waals surface area contributed by atoms with Gasteiger partial charge in [0.2, 0.25) is 0 Å². The van der Waals surface area contributed by atoms with Gasteiger partial charge in [0.1, 0.15) is 11.6 Å². The van der Waals surface area contributed by atoms with Crippen LogP contribution in [0.1, 0.15) is 5.56 Å². The zero-order valence-electron chi connectivity index (χ0n) is 24.1. The van der Waals surface area contributed by atoms with E-state index >= 15 is 0 Å². The summed E-state index contributed by atoms with van der Waals surface area (Å²) in [5, 5.41) is 23.2. The molecule has 0 atom stereocenters. The molecule has 0 unspecified atom stereocenters. The van der Waals surface area contributed by atoms with Crippen LogP contribution in [0.2, 0.25) is 0 Å².